The highest BCUT2D eigenvalue weighted by Crippen LogP contribution is 2.17. The monoisotopic (exact) mass is 265 g/mol. The van der Waals surface area contributed by atoms with Crippen molar-refractivity contribution in [2.45, 2.75) is 25.4 Å². The van der Waals surface area contributed by atoms with Crippen LogP contribution < -0.4 is 11.3 Å². The standard InChI is InChI=1S/C13H19N3O3/c1-19-13(18)11-5-3-6-15(11)8-9-16-7-2-4-10(14)12(16)17/h2,4,7,11H,3,5-6,8-9,14H2,1H3/t11-/m1/s1. The van der Waals surface area contributed by atoms with Gasteiger partial charge in [0.2, 0.25) is 0 Å². The number of ether oxygens (including phenoxy) is 1. The van der Waals surface area contributed by atoms with Crippen LogP contribution in [0.15, 0.2) is 23.1 Å². The minimum atomic E-state index is -0.197. The van der Waals surface area contributed by atoms with Crippen LogP contribution in [0.4, 0.5) is 5.69 Å². The molecule has 104 valence electrons. The van der Waals surface area contributed by atoms with Gasteiger partial charge in [0.25, 0.3) is 5.56 Å². The van der Waals surface area contributed by atoms with Gasteiger partial charge in [0.1, 0.15) is 6.04 Å². The molecule has 1 fully saturated rings. The highest BCUT2D eigenvalue weighted by molar-refractivity contribution is 5.75. The summed E-state index contributed by atoms with van der Waals surface area (Å²) in [6.45, 7) is 2.03. The zero-order chi connectivity index (χ0) is 13.8. The second kappa shape index (κ2) is 5.88. The van der Waals surface area contributed by atoms with E-state index in [1.54, 1.807) is 22.9 Å². The summed E-state index contributed by atoms with van der Waals surface area (Å²) in [7, 11) is 1.40. The molecule has 6 nitrogen and oxygen atoms in total. The summed E-state index contributed by atoms with van der Waals surface area (Å²) in [5, 5.41) is 0. The van der Waals surface area contributed by atoms with Gasteiger partial charge in [-0.3, -0.25) is 14.5 Å². The summed E-state index contributed by atoms with van der Waals surface area (Å²) in [4.78, 5) is 25.4. The number of aromatic nitrogens is 1. The molecule has 2 N–H and O–H groups in total. The van der Waals surface area contributed by atoms with E-state index < -0.39 is 0 Å². The van der Waals surface area contributed by atoms with E-state index in [0.29, 0.717) is 13.1 Å². The normalized spacial score (nSPS) is 19.5. The Hall–Kier alpha value is -1.82. The minimum absolute atomic E-state index is 0.179. The fraction of sp³-hybridized carbons (Fsp3) is 0.538. The van der Waals surface area contributed by atoms with Crippen molar-refractivity contribution >= 4 is 11.7 Å². The molecule has 0 radical (unpaired) electrons. The van der Waals surface area contributed by atoms with Gasteiger partial charge in [-0.25, -0.2) is 0 Å². The van der Waals surface area contributed by atoms with Gasteiger partial charge in [-0.05, 0) is 31.5 Å². The van der Waals surface area contributed by atoms with Crippen molar-refractivity contribution in [2.24, 2.45) is 0 Å². The van der Waals surface area contributed by atoms with Crippen LogP contribution in [0.3, 0.4) is 0 Å². The lowest BCUT2D eigenvalue weighted by Crippen LogP contribution is -2.39. The molecule has 0 spiro atoms. The van der Waals surface area contributed by atoms with Gasteiger partial charge >= 0.3 is 5.97 Å². The number of nitrogens with two attached hydrogens (primary N) is 1. The number of rotatable bonds is 4. The Morgan fingerprint density at radius 2 is 2.32 bits per heavy atom. The van der Waals surface area contributed by atoms with Crippen LogP contribution >= 0.6 is 0 Å². The molecule has 1 saturated heterocycles. The largest absolute Gasteiger partial charge is 0.468 e. The number of nitrogen functional groups attached to an aromatic ring is 1. The summed E-state index contributed by atoms with van der Waals surface area (Å²) in [6.07, 6.45) is 3.51. The first-order valence-electron chi connectivity index (χ1n) is 6.40. The first kappa shape index (κ1) is 13.6. The summed E-state index contributed by atoms with van der Waals surface area (Å²) in [5.41, 5.74) is 5.64. The first-order valence-corrected chi connectivity index (χ1v) is 6.40. The predicted molar refractivity (Wildman–Crippen MR) is 71.7 cm³/mol. The van der Waals surface area contributed by atoms with Crippen LogP contribution in [0.5, 0.6) is 0 Å². The number of methoxy groups -OCH3 is 1. The smallest absolute Gasteiger partial charge is 0.323 e. The molecule has 2 heterocycles. The van der Waals surface area contributed by atoms with E-state index in [-0.39, 0.29) is 23.3 Å². The van der Waals surface area contributed by atoms with Crippen LogP contribution in [0.1, 0.15) is 12.8 Å². The maximum atomic E-state index is 11.8. The number of pyridine rings is 1. The summed E-state index contributed by atoms with van der Waals surface area (Å²) >= 11 is 0. The Morgan fingerprint density at radius 3 is 3.05 bits per heavy atom. The third-order valence-corrected chi connectivity index (χ3v) is 3.51. The molecule has 1 aliphatic rings. The van der Waals surface area contributed by atoms with E-state index >= 15 is 0 Å². The van der Waals surface area contributed by atoms with E-state index in [1.807, 2.05) is 0 Å². The number of carbonyl (C=O) groups is 1. The maximum absolute atomic E-state index is 11.8. The van der Waals surface area contributed by atoms with Gasteiger partial charge in [0.15, 0.2) is 0 Å². The zero-order valence-corrected chi connectivity index (χ0v) is 11.0. The molecular formula is C13H19N3O3. The molecule has 1 aliphatic heterocycles. The second-order valence-corrected chi connectivity index (χ2v) is 4.68. The number of nitrogens with zero attached hydrogens (tertiary/aromatic N) is 2. The first-order chi connectivity index (χ1) is 9.13. The van der Waals surface area contributed by atoms with Gasteiger partial charge in [0.05, 0.1) is 12.8 Å². The van der Waals surface area contributed by atoms with Crippen molar-refractivity contribution in [3.05, 3.63) is 28.7 Å². The minimum Gasteiger partial charge on any atom is -0.468 e. The fourth-order valence-corrected chi connectivity index (χ4v) is 2.46. The Labute approximate surface area is 111 Å². The number of likely N-dealkylation sites (tertiary alicyclic amines) is 1. The molecule has 2 rings (SSSR count). The highest BCUT2D eigenvalue weighted by atomic mass is 16.5. The molecule has 1 atom stereocenters. The number of hydrogen-bond donors (Lipinski definition) is 1. The van der Waals surface area contributed by atoms with Crippen LogP contribution in [0, 0.1) is 0 Å². The Bertz CT molecular complexity index is 512. The fourth-order valence-electron chi connectivity index (χ4n) is 2.46. The van der Waals surface area contributed by atoms with Crippen LogP contribution in [0.2, 0.25) is 0 Å². The van der Waals surface area contributed by atoms with Gasteiger partial charge in [-0.2, -0.15) is 0 Å². The molecule has 0 bridgehead atoms. The van der Waals surface area contributed by atoms with E-state index in [2.05, 4.69) is 4.90 Å². The van der Waals surface area contributed by atoms with Crippen molar-refractivity contribution in [3.8, 4) is 0 Å². The Balaban J connectivity index is 2.00. The second-order valence-electron chi connectivity index (χ2n) is 4.68. The lowest BCUT2D eigenvalue weighted by molar-refractivity contribution is -0.145. The average molecular weight is 265 g/mol. The molecule has 0 aliphatic carbocycles. The highest BCUT2D eigenvalue weighted by Gasteiger charge is 2.30. The Morgan fingerprint density at radius 1 is 1.53 bits per heavy atom. The summed E-state index contributed by atoms with van der Waals surface area (Å²) < 4.78 is 6.36. The molecule has 19 heavy (non-hydrogen) atoms. The Kier molecular flexibility index (Phi) is 4.21. The number of carbonyl (C=O) groups excluding carboxylic acids is 1. The number of hydrogen-bond acceptors (Lipinski definition) is 5. The zero-order valence-electron chi connectivity index (χ0n) is 11.0. The topological polar surface area (TPSA) is 77.6 Å². The van der Waals surface area contributed by atoms with Gasteiger partial charge < -0.3 is 15.0 Å². The van der Waals surface area contributed by atoms with E-state index in [0.717, 1.165) is 19.4 Å². The van der Waals surface area contributed by atoms with Crippen molar-refractivity contribution in [2.75, 3.05) is 25.9 Å². The predicted octanol–water partition coefficient (Wildman–Crippen LogP) is 0.0679. The molecule has 0 aromatic carbocycles. The van der Waals surface area contributed by atoms with Gasteiger partial charge in [-0.1, -0.05) is 0 Å². The van der Waals surface area contributed by atoms with Crippen molar-refractivity contribution < 1.29 is 9.53 Å². The third-order valence-electron chi connectivity index (χ3n) is 3.51. The van der Waals surface area contributed by atoms with Crippen molar-refractivity contribution in [1.82, 2.24) is 9.47 Å². The molecule has 6 heteroatoms. The lowest BCUT2D eigenvalue weighted by atomic mass is 10.2. The number of anilines is 1. The molecule has 1 aromatic heterocycles. The molecule has 1 aromatic rings. The van der Waals surface area contributed by atoms with Gasteiger partial charge in [0, 0.05) is 19.3 Å². The molecular weight excluding hydrogens is 246 g/mol. The summed E-state index contributed by atoms with van der Waals surface area (Å²) in [6, 6.07) is 3.16. The van der Waals surface area contributed by atoms with Crippen LogP contribution in [-0.4, -0.2) is 41.7 Å². The maximum Gasteiger partial charge on any atom is 0.323 e. The van der Waals surface area contributed by atoms with E-state index in [4.69, 9.17) is 10.5 Å². The average Bonchev–Trinajstić information content (AvgIpc) is 2.88. The molecule has 0 saturated carbocycles. The quantitative estimate of drug-likeness (QED) is 0.779. The van der Waals surface area contributed by atoms with Crippen molar-refractivity contribution in [1.29, 1.82) is 0 Å². The number of esters is 1. The third kappa shape index (κ3) is 2.96. The van der Waals surface area contributed by atoms with Crippen LogP contribution in [0.25, 0.3) is 0 Å². The molecule has 0 amide bonds. The SMILES string of the molecule is COC(=O)[C@H]1CCCN1CCn1cccc(N)c1=O. The lowest BCUT2D eigenvalue weighted by Gasteiger charge is -2.22. The van der Waals surface area contributed by atoms with Crippen molar-refractivity contribution in [3.63, 3.8) is 0 Å². The van der Waals surface area contributed by atoms with E-state index in [9.17, 15) is 9.59 Å². The molecule has 0 unspecified atom stereocenters. The van der Waals surface area contributed by atoms with Crippen LogP contribution in [-0.2, 0) is 16.1 Å². The van der Waals surface area contributed by atoms with Gasteiger partial charge in [-0.15, -0.1) is 0 Å². The summed E-state index contributed by atoms with van der Waals surface area (Å²) in [5.74, 6) is -0.197. The van der Waals surface area contributed by atoms with E-state index in [1.165, 1.54) is 7.11 Å².